The van der Waals surface area contributed by atoms with Crippen LogP contribution in [0.15, 0.2) is 6.07 Å². The molecule has 4 rings (SSSR count). The van der Waals surface area contributed by atoms with Crippen LogP contribution in [-0.2, 0) is 16.0 Å². The number of likely N-dealkylation sites (tertiary alicyclic amines) is 1. The van der Waals surface area contributed by atoms with Crippen LogP contribution in [0.3, 0.4) is 0 Å². The summed E-state index contributed by atoms with van der Waals surface area (Å²) in [7, 11) is 0. The third kappa shape index (κ3) is 3.13. The molecule has 2 aliphatic rings. The van der Waals surface area contributed by atoms with Gasteiger partial charge in [-0.25, -0.2) is 4.39 Å². The molecule has 1 aromatic carbocycles. The fourth-order valence-electron chi connectivity index (χ4n) is 4.88. The highest BCUT2D eigenvalue weighted by atomic mass is 19.1. The van der Waals surface area contributed by atoms with E-state index in [2.05, 4.69) is 16.8 Å². The van der Waals surface area contributed by atoms with Crippen LogP contribution >= 0.6 is 0 Å². The Labute approximate surface area is 169 Å². The minimum absolute atomic E-state index is 0.0175. The number of H-pyrrole nitrogens is 1. The molecule has 152 valence electrons. The summed E-state index contributed by atoms with van der Waals surface area (Å²) in [6.07, 6.45) is 0.879. The minimum atomic E-state index is -0.495. The number of nitrogens with two attached hydrogens (primary N) is 1. The van der Waals surface area contributed by atoms with Gasteiger partial charge in [-0.05, 0) is 50.3 Å². The quantitative estimate of drug-likeness (QED) is 0.779. The first-order valence-corrected chi connectivity index (χ1v) is 9.88. The van der Waals surface area contributed by atoms with Gasteiger partial charge in [-0.3, -0.25) is 9.59 Å². The lowest BCUT2D eigenvalue weighted by Gasteiger charge is -2.25. The predicted octanol–water partition coefficient (Wildman–Crippen LogP) is 2.01. The lowest BCUT2D eigenvalue weighted by Crippen LogP contribution is -2.39. The van der Waals surface area contributed by atoms with Crippen LogP contribution in [0.1, 0.15) is 30.2 Å². The second-order valence-electron chi connectivity index (χ2n) is 8.03. The number of fused-ring (bicyclic) bond motifs is 2. The van der Waals surface area contributed by atoms with Gasteiger partial charge < -0.3 is 20.5 Å². The molecule has 0 radical (unpaired) electrons. The number of aromatic nitrogens is 1. The molecular weight excluding hydrogens is 371 g/mol. The van der Waals surface area contributed by atoms with E-state index in [4.69, 9.17) is 5.73 Å². The molecule has 1 aromatic heterocycles. The van der Waals surface area contributed by atoms with Crippen molar-refractivity contribution < 1.29 is 14.0 Å². The Balaban J connectivity index is 1.75. The van der Waals surface area contributed by atoms with Crippen molar-refractivity contribution in [2.75, 3.05) is 24.5 Å². The van der Waals surface area contributed by atoms with Crippen LogP contribution in [0.5, 0.6) is 0 Å². The van der Waals surface area contributed by atoms with Gasteiger partial charge in [0.25, 0.3) is 5.91 Å². The van der Waals surface area contributed by atoms with Gasteiger partial charge in [0.15, 0.2) is 0 Å². The normalized spacial score (nSPS) is 20.7. The predicted molar refractivity (Wildman–Crippen MR) is 110 cm³/mol. The van der Waals surface area contributed by atoms with Crippen LogP contribution in [-0.4, -0.2) is 47.4 Å². The van der Waals surface area contributed by atoms with Crippen LogP contribution < -0.4 is 10.6 Å². The van der Waals surface area contributed by atoms with Gasteiger partial charge in [0, 0.05) is 36.6 Å². The summed E-state index contributed by atoms with van der Waals surface area (Å²) < 4.78 is 15.3. The third-order valence-corrected chi connectivity index (χ3v) is 6.31. The molecule has 2 atom stereocenters. The van der Waals surface area contributed by atoms with E-state index in [0.29, 0.717) is 36.8 Å². The van der Waals surface area contributed by atoms with Gasteiger partial charge in [0.1, 0.15) is 5.82 Å². The summed E-state index contributed by atoms with van der Waals surface area (Å²) in [4.78, 5) is 31.0. The van der Waals surface area contributed by atoms with Crippen molar-refractivity contribution in [3.05, 3.63) is 28.7 Å². The van der Waals surface area contributed by atoms with E-state index in [1.807, 2.05) is 23.6 Å². The van der Waals surface area contributed by atoms with E-state index in [0.717, 1.165) is 28.6 Å². The van der Waals surface area contributed by atoms with Crippen molar-refractivity contribution >= 4 is 28.4 Å². The van der Waals surface area contributed by atoms with Crippen LogP contribution in [0.25, 0.3) is 10.9 Å². The summed E-state index contributed by atoms with van der Waals surface area (Å²) in [6, 6.07) is 1.46. The monoisotopic (exact) mass is 396 g/mol. The van der Waals surface area contributed by atoms with E-state index in [1.54, 1.807) is 6.92 Å². The van der Waals surface area contributed by atoms with Crippen molar-refractivity contribution in [3.63, 3.8) is 0 Å². The van der Waals surface area contributed by atoms with E-state index in [9.17, 15) is 9.59 Å². The number of amides is 2. The maximum atomic E-state index is 15.3. The van der Waals surface area contributed by atoms with Crippen LogP contribution in [0.4, 0.5) is 10.1 Å². The molecule has 3 N–H and O–H groups in total. The Morgan fingerprint density at radius 1 is 1.34 bits per heavy atom. The molecular formula is C22H25FN4O2. The average Bonchev–Trinajstić information content (AvgIpc) is 3.30. The Kier molecular flexibility index (Phi) is 4.73. The molecule has 7 heteroatoms. The van der Waals surface area contributed by atoms with Crippen molar-refractivity contribution in [1.82, 2.24) is 9.88 Å². The summed E-state index contributed by atoms with van der Waals surface area (Å²) >= 11 is 0. The summed E-state index contributed by atoms with van der Waals surface area (Å²) in [6.45, 7) is 7.52. The molecule has 2 unspecified atom stereocenters. The van der Waals surface area contributed by atoms with Gasteiger partial charge in [-0.15, -0.1) is 0 Å². The summed E-state index contributed by atoms with van der Waals surface area (Å²) in [5.74, 6) is 4.60. The molecule has 2 saturated heterocycles. The Bertz CT molecular complexity index is 1080. The zero-order valence-electron chi connectivity index (χ0n) is 16.9. The van der Waals surface area contributed by atoms with Gasteiger partial charge in [0.05, 0.1) is 23.7 Å². The first kappa shape index (κ1) is 19.3. The number of rotatable bonds is 3. The lowest BCUT2D eigenvalue weighted by atomic mass is 10.0. The second kappa shape index (κ2) is 7.11. The molecule has 3 heterocycles. The van der Waals surface area contributed by atoms with Gasteiger partial charge in [0.2, 0.25) is 5.91 Å². The smallest absolute Gasteiger partial charge is 0.298 e. The highest BCUT2D eigenvalue weighted by molar-refractivity contribution is 6.00. The topological polar surface area (TPSA) is 82.4 Å². The highest BCUT2D eigenvalue weighted by Crippen LogP contribution is 2.41. The van der Waals surface area contributed by atoms with Gasteiger partial charge >= 0.3 is 0 Å². The standard InChI is InChI=1S/C22H25FN4O2/c1-4-5-19(29)27-7-6-14-10-26(11-17(14)27)22-16(23)8-15(9-18(24)28)21-20(22)12(2)13(3)25-21/h8,14,17,25H,6-7,9-11H2,1-3H3,(H2,24,28). The zero-order valence-corrected chi connectivity index (χ0v) is 16.9. The maximum absolute atomic E-state index is 15.3. The fraction of sp³-hybridized carbons (Fsp3) is 0.455. The highest BCUT2D eigenvalue weighted by Gasteiger charge is 2.44. The van der Waals surface area contributed by atoms with Gasteiger partial charge in [-0.2, -0.15) is 0 Å². The van der Waals surface area contributed by atoms with E-state index in [1.165, 1.54) is 6.07 Å². The molecule has 2 fully saturated rings. The number of carbonyl (C=O) groups excluding carboxylic acids is 2. The second-order valence-corrected chi connectivity index (χ2v) is 8.03. The van der Waals surface area contributed by atoms with Crippen molar-refractivity contribution in [2.24, 2.45) is 11.7 Å². The maximum Gasteiger partial charge on any atom is 0.298 e. The molecule has 2 aromatic rings. The van der Waals surface area contributed by atoms with E-state index in [-0.39, 0.29) is 24.2 Å². The molecule has 2 amide bonds. The van der Waals surface area contributed by atoms with Crippen molar-refractivity contribution in [2.45, 2.75) is 39.7 Å². The third-order valence-electron chi connectivity index (χ3n) is 6.31. The van der Waals surface area contributed by atoms with Crippen LogP contribution in [0.2, 0.25) is 0 Å². The van der Waals surface area contributed by atoms with Crippen molar-refractivity contribution in [3.8, 4) is 11.8 Å². The number of primary amides is 1. The number of hydrogen-bond donors (Lipinski definition) is 2. The van der Waals surface area contributed by atoms with Gasteiger partial charge in [-0.1, -0.05) is 5.92 Å². The van der Waals surface area contributed by atoms with E-state index >= 15 is 4.39 Å². The van der Waals surface area contributed by atoms with Crippen molar-refractivity contribution in [1.29, 1.82) is 0 Å². The molecule has 0 bridgehead atoms. The Morgan fingerprint density at radius 3 is 2.79 bits per heavy atom. The van der Waals surface area contributed by atoms with Crippen LogP contribution in [0, 0.1) is 37.4 Å². The number of aromatic amines is 1. The largest absolute Gasteiger partial charge is 0.369 e. The number of nitrogens with one attached hydrogen (secondary N) is 1. The zero-order chi connectivity index (χ0) is 20.9. The number of hydrogen-bond acceptors (Lipinski definition) is 3. The summed E-state index contributed by atoms with van der Waals surface area (Å²) in [5, 5.41) is 0.796. The minimum Gasteiger partial charge on any atom is -0.369 e. The summed E-state index contributed by atoms with van der Waals surface area (Å²) in [5.41, 5.74) is 9.13. The number of benzene rings is 1. The molecule has 0 saturated carbocycles. The molecule has 2 aliphatic heterocycles. The molecule has 0 spiro atoms. The fourth-order valence-corrected chi connectivity index (χ4v) is 4.88. The lowest BCUT2D eigenvalue weighted by molar-refractivity contribution is -0.125. The molecule has 0 aliphatic carbocycles. The SMILES string of the molecule is CC#CC(=O)N1CCC2CN(c3c(F)cc(CC(N)=O)c4[nH]c(C)c(C)c34)CC21. The van der Waals surface area contributed by atoms with E-state index < -0.39 is 5.91 Å². The number of aryl methyl sites for hydroxylation is 2. The number of nitrogens with zero attached hydrogens (tertiary/aromatic N) is 2. The Hall–Kier alpha value is -3.01. The first-order chi connectivity index (χ1) is 13.8. The average molecular weight is 396 g/mol. The molecule has 6 nitrogen and oxygen atoms in total. The molecule has 29 heavy (non-hydrogen) atoms. The first-order valence-electron chi connectivity index (χ1n) is 9.88. The number of halogens is 1. The Morgan fingerprint density at radius 2 is 2.10 bits per heavy atom. The number of carbonyl (C=O) groups is 2. The number of anilines is 1.